The summed E-state index contributed by atoms with van der Waals surface area (Å²) in [6.07, 6.45) is -1.88. The van der Waals surface area contributed by atoms with Crippen molar-refractivity contribution in [3.8, 4) is 0 Å². The van der Waals surface area contributed by atoms with E-state index < -0.39 is 24.2 Å². The molecule has 6 nitrogen and oxygen atoms in total. The van der Waals surface area contributed by atoms with E-state index in [-0.39, 0.29) is 12.1 Å². The van der Waals surface area contributed by atoms with Crippen LogP contribution in [0.1, 0.15) is 13.8 Å². The third-order valence-corrected chi connectivity index (χ3v) is 2.63. The summed E-state index contributed by atoms with van der Waals surface area (Å²) >= 11 is 0. The van der Waals surface area contributed by atoms with Crippen molar-refractivity contribution in [3.63, 3.8) is 0 Å². The first kappa shape index (κ1) is 10.8. The molecule has 0 aromatic carbocycles. The van der Waals surface area contributed by atoms with Crippen LogP contribution in [0.15, 0.2) is 0 Å². The molecule has 2 rings (SSSR count). The summed E-state index contributed by atoms with van der Waals surface area (Å²) in [6.45, 7) is 3.55. The van der Waals surface area contributed by atoms with Crippen LogP contribution < -0.4 is 5.32 Å². The highest BCUT2D eigenvalue weighted by Gasteiger charge is 2.56. The fourth-order valence-electron chi connectivity index (χ4n) is 2.03. The second kappa shape index (κ2) is 3.41. The lowest BCUT2D eigenvalue weighted by atomic mass is 10.1. The zero-order chi connectivity index (χ0) is 11.2. The van der Waals surface area contributed by atoms with Gasteiger partial charge < -0.3 is 24.6 Å². The number of carbonyl (C=O) groups is 1. The maximum absolute atomic E-state index is 10.9. The molecule has 86 valence electrons. The number of aliphatic carboxylic acids is 1. The van der Waals surface area contributed by atoms with Crippen molar-refractivity contribution in [1.82, 2.24) is 5.32 Å². The van der Waals surface area contributed by atoms with E-state index in [1.54, 1.807) is 20.9 Å². The standard InChI is InChI=1S/C9H15NO5/c1-9(2)14-6-4(10-3)5(7(11)12)13-8(6)15-9/h4-6,8,10H,1-3H3,(H,11,12)/t4-,5+,6-,8-/m1/s1. The Morgan fingerprint density at radius 3 is 2.60 bits per heavy atom. The van der Waals surface area contributed by atoms with Gasteiger partial charge in [-0.1, -0.05) is 0 Å². The van der Waals surface area contributed by atoms with Gasteiger partial charge >= 0.3 is 5.97 Å². The van der Waals surface area contributed by atoms with Gasteiger partial charge in [0, 0.05) is 0 Å². The lowest BCUT2D eigenvalue weighted by Crippen LogP contribution is -2.46. The molecule has 0 radical (unpaired) electrons. The predicted octanol–water partition coefficient (Wildman–Crippen LogP) is -0.465. The Morgan fingerprint density at radius 1 is 1.40 bits per heavy atom. The average Bonchev–Trinajstić information content (AvgIpc) is 2.55. The third kappa shape index (κ3) is 1.74. The van der Waals surface area contributed by atoms with Crippen molar-refractivity contribution < 1.29 is 24.1 Å². The molecule has 0 aromatic rings. The summed E-state index contributed by atoms with van der Waals surface area (Å²) in [7, 11) is 1.68. The molecular weight excluding hydrogens is 202 g/mol. The summed E-state index contributed by atoms with van der Waals surface area (Å²) < 4.78 is 16.3. The smallest absolute Gasteiger partial charge is 0.334 e. The van der Waals surface area contributed by atoms with Crippen molar-refractivity contribution in [2.75, 3.05) is 7.05 Å². The van der Waals surface area contributed by atoms with Gasteiger partial charge in [-0.2, -0.15) is 0 Å². The molecule has 0 aromatic heterocycles. The van der Waals surface area contributed by atoms with Crippen LogP contribution in [0, 0.1) is 0 Å². The molecule has 0 amide bonds. The molecule has 2 saturated heterocycles. The van der Waals surface area contributed by atoms with Crippen molar-refractivity contribution in [3.05, 3.63) is 0 Å². The molecule has 0 saturated carbocycles. The van der Waals surface area contributed by atoms with Gasteiger partial charge in [0.05, 0.1) is 6.04 Å². The fraction of sp³-hybridized carbons (Fsp3) is 0.889. The molecule has 0 bridgehead atoms. The minimum Gasteiger partial charge on any atom is -0.479 e. The van der Waals surface area contributed by atoms with Crippen LogP contribution >= 0.6 is 0 Å². The van der Waals surface area contributed by atoms with Crippen LogP contribution in [0.25, 0.3) is 0 Å². The molecule has 2 aliphatic heterocycles. The van der Waals surface area contributed by atoms with E-state index in [0.717, 1.165) is 0 Å². The number of ether oxygens (including phenoxy) is 3. The molecule has 0 aliphatic carbocycles. The lowest BCUT2D eigenvalue weighted by molar-refractivity contribution is -0.211. The first-order valence-electron chi connectivity index (χ1n) is 4.86. The van der Waals surface area contributed by atoms with E-state index in [4.69, 9.17) is 19.3 Å². The maximum atomic E-state index is 10.9. The second-order valence-corrected chi connectivity index (χ2v) is 4.18. The summed E-state index contributed by atoms with van der Waals surface area (Å²) in [5.74, 6) is -1.72. The topological polar surface area (TPSA) is 77.0 Å². The summed E-state index contributed by atoms with van der Waals surface area (Å²) in [4.78, 5) is 10.9. The van der Waals surface area contributed by atoms with Crippen LogP contribution in [-0.4, -0.2) is 48.5 Å². The van der Waals surface area contributed by atoms with Gasteiger partial charge in [0.1, 0.15) is 6.10 Å². The quantitative estimate of drug-likeness (QED) is 0.651. The van der Waals surface area contributed by atoms with Gasteiger partial charge in [-0.3, -0.25) is 0 Å². The number of carboxylic acids is 1. The third-order valence-electron chi connectivity index (χ3n) is 2.63. The van der Waals surface area contributed by atoms with Gasteiger partial charge in [0.15, 0.2) is 18.2 Å². The van der Waals surface area contributed by atoms with Crippen LogP contribution in [0.5, 0.6) is 0 Å². The highest BCUT2D eigenvalue weighted by atomic mass is 16.8. The van der Waals surface area contributed by atoms with E-state index in [1.165, 1.54) is 0 Å². The molecule has 2 aliphatic rings. The number of carboxylic acid groups (broad SMARTS) is 1. The van der Waals surface area contributed by atoms with Crippen molar-refractivity contribution in [1.29, 1.82) is 0 Å². The monoisotopic (exact) mass is 217 g/mol. The Morgan fingerprint density at radius 2 is 2.07 bits per heavy atom. The van der Waals surface area contributed by atoms with E-state index in [9.17, 15) is 4.79 Å². The molecule has 15 heavy (non-hydrogen) atoms. The number of fused-ring (bicyclic) bond motifs is 1. The highest BCUT2D eigenvalue weighted by molar-refractivity contribution is 5.74. The highest BCUT2D eigenvalue weighted by Crippen LogP contribution is 2.37. The summed E-state index contributed by atoms with van der Waals surface area (Å²) in [6, 6.07) is -0.380. The van der Waals surface area contributed by atoms with E-state index in [1.807, 2.05) is 0 Å². The number of hydrogen-bond donors (Lipinski definition) is 2. The van der Waals surface area contributed by atoms with Crippen LogP contribution in [0.4, 0.5) is 0 Å². The average molecular weight is 217 g/mol. The first-order valence-corrected chi connectivity index (χ1v) is 4.86. The Hall–Kier alpha value is -0.690. The number of hydrogen-bond acceptors (Lipinski definition) is 5. The van der Waals surface area contributed by atoms with Gasteiger partial charge in [-0.25, -0.2) is 4.79 Å². The van der Waals surface area contributed by atoms with Crippen LogP contribution in [0.3, 0.4) is 0 Å². The number of rotatable bonds is 2. The van der Waals surface area contributed by atoms with Crippen LogP contribution in [0.2, 0.25) is 0 Å². The molecule has 6 heteroatoms. The van der Waals surface area contributed by atoms with Crippen molar-refractivity contribution in [2.45, 2.75) is 44.2 Å². The Bertz CT molecular complexity index is 280. The minimum atomic E-state index is -1.01. The molecule has 2 N–H and O–H groups in total. The zero-order valence-corrected chi connectivity index (χ0v) is 8.89. The van der Waals surface area contributed by atoms with Gasteiger partial charge in [-0.05, 0) is 20.9 Å². The van der Waals surface area contributed by atoms with Gasteiger partial charge in [-0.15, -0.1) is 0 Å². The molecule has 0 spiro atoms. The summed E-state index contributed by atoms with van der Waals surface area (Å²) in [5.41, 5.74) is 0. The molecular formula is C9H15NO5. The van der Waals surface area contributed by atoms with Gasteiger partial charge in [0.25, 0.3) is 0 Å². The Kier molecular flexibility index (Phi) is 2.46. The van der Waals surface area contributed by atoms with E-state index >= 15 is 0 Å². The van der Waals surface area contributed by atoms with E-state index in [0.29, 0.717) is 0 Å². The zero-order valence-electron chi connectivity index (χ0n) is 8.89. The lowest BCUT2D eigenvalue weighted by Gasteiger charge is -2.23. The van der Waals surface area contributed by atoms with Gasteiger partial charge in [0.2, 0.25) is 0 Å². The fourth-order valence-corrected chi connectivity index (χ4v) is 2.03. The minimum absolute atomic E-state index is 0.369. The molecule has 4 atom stereocenters. The summed E-state index contributed by atoms with van der Waals surface area (Å²) in [5, 5.41) is 11.8. The molecule has 2 fully saturated rings. The predicted molar refractivity (Wildman–Crippen MR) is 49.2 cm³/mol. The number of likely N-dealkylation sites (N-methyl/N-ethyl adjacent to an activating group) is 1. The second-order valence-electron chi connectivity index (χ2n) is 4.18. The maximum Gasteiger partial charge on any atom is 0.334 e. The SMILES string of the molecule is CN[C@H]1[C@H]2OC(C)(C)O[C@H]2O[C@@H]1C(=O)O. The first-order chi connectivity index (χ1) is 6.94. The molecule has 2 heterocycles. The molecule has 0 unspecified atom stereocenters. The van der Waals surface area contributed by atoms with Crippen molar-refractivity contribution in [2.24, 2.45) is 0 Å². The number of nitrogens with one attached hydrogen (secondary N) is 1. The normalized spacial score (nSPS) is 42.9. The van der Waals surface area contributed by atoms with E-state index in [2.05, 4.69) is 5.32 Å². The van der Waals surface area contributed by atoms with Crippen LogP contribution in [-0.2, 0) is 19.0 Å². The largest absolute Gasteiger partial charge is 0.479 e. The Balaban J connectivity index is 2.15. The van der Waals surface area contributed by atoms with Crippen molar-refractivity contribution >= 4 is 5.97 Å². The Labute approximate surface area is 87.5 Å².